The molecule has 3 N–H and O–H groups in total. The van der Waals surface area contributed by atoms with Crippen LogP contribution in [0.2, 0.25) is 0 Å². The highest BCUT2D eigenvalue weighted by atomic mass is 32.2. The molecule has 0 spiro atoms. The molecule has 0 aliphatic heterocycles. The van der Waals surface area contributed by atoms with E-state index in [4.69, 9.17) is 15.6 Å². The first-order valence-corrected chi connectivity index (χ1v) is 7.57. The molecule has 0 aliphatic carbocycles. The van der Waals surface area contributed by atoms with Crippen molar-refractivity contribution in [1.29, 1.82) is 0 Å². The molecule has 5 nitrogen and oxygen atoms in total. The van der Waals surface area contributed by atoms with Crippen LogP contribution >= 0.6 is 11.8 Å². The maximum absolute atomic E-state index is 11.1. The lowest BCUT2D eigenvalue weighted by Crippen LogP contribution is -2.46. The maximum Gasteiger partial charge on any atom is 0.321 e. The molecule has 0 unspecified atom stereocenters. The molecule has 0 saturated carbocycles. The summed E-state index contributed by atoms with van der Waals surface area (Å²) in [5, 5.41) is 8.88. The minimum Gasteiger partial charge on any atom is -0.480 e. The van der Waals surface area contributed by atoms with Gasteiger partial charge in [0.05, 0.1) is 6.61 Å². The van der Waals surface area contributed by atoms with Crippen LogP contribution in [0, 0.1) is 0 Å². The number of esters is 1. The predicted octanol–water partition coefficient (Wildman–Crippen LogP) is 2.03. The molecule has 6 heteroatoms. The summed E-state index contributed by atoms with van der Waals surface area (Å²) in [6.45, 7) is 5.91. The quantitative estimate of drug-likeness (QED) is 0.473. The number of ether oxygens (including phenoxy) is 1. The van der Waals surface area contributed by atoms with Crippen molar-refractivity contribution in [3.63, 3.8) is 0 Å². The first kappa shape index (κ1) is 18.2. The first-order valence-electron chi connectivity index (χ1n) is 6.59. The highest BCUT2D eigenvalue weighted by molar-refractivity contribution is 8.00. The average Bonchev–Trinajstić information content (AvgIpc) is 2.32. The highest BCUT2D eigenvalue weighted by Gasteiger charge is 2.32. The van der Waals surface area contributed by atoms with Gasteiger partial charge in [0.1, 0.15) is 6.04 Å². The van der Waals surface area contributed by atoms with Crippen LogP contribution in [0.4, 0.5) is 0 Å². The highest BCUT2D eigenvalue weighted by Crippen LogP contribution is 2.28. The van der Waals surface area contributed by atoms with Crippen molar-refractivity contribution in [3.8, 4) is 0 Å². The van der Waals surface area contributed by atoms with Crippen molar-refractivity contribution in [2.45, 2.75) is 57.2 Å². The van der Waals surface area contributed by atoms with Gasteiger partial charge in [0.25, 0.3) is 0 Å². The van der Waals surface area contributed by atoms with Gasteiger partial charge in [-0.3, -0.25) is 9.59 Å². The SMILES string of the molecule is CCOC(=O)CCCCCSC(C)(C)[C@@H](N)C(=O)O. The Morgan fingerprint density at radius 3 is 2.47 bits per heavy atom. The van der Waals surface area contributed by atoms with Gasteiger partial charge in [-0.15, -0.1) is 0 Å². The average molecular weight is 291 g/mol. The lowest BCUT2D eigenvalue weighted by molar-refractivity contribution is -0.143. The predicted molar refractivity (Wildman–Crippen MR) is 77.2 cm³/mol. The lowest BCUT2D eigenvalue weighted by atomic mass is 10.1. The fraction of sp³-hybridized carbons (Fsp3) is 0.846. The number of nitrogens with two attached hydrogens (primary N) is 1. The van der Waals surface area contributed by atoms with Crippen molar-refractivity contribution < 1.29 is 19.4 Å². The third-order valence-electron chi connectivity index (χ3n) is 2.82. The van der Waals surface area contributed by atoms with E-state index >= 15 is 0 Å². The third kappa shape index (κ3) is 8.10. The van der Waals surface area contributed by atoms with Crippen LogP contribution in [-0.4, -0.2) is 40.2 Å². The second-order valence-corrected chi connectivity index (χ2v) is 6.63. The first-order chi connectivity index (χ1) is 8.81. The van der Waals surface area contributed by atoms with Crippen LogP contribution in [-0.2, 0) is 14.3 Å². The van der Waals surface area contributed by atoms with Crippen molar-refractivity contribution in [3.05, 3.63) is 0 Å². The topological polar surface area (TPSA) is 89.6 Å². The number of carbonyl (C=O) groups excluding carboxylic acids is 1. The number of aliphatic carboxylic acids is 1. The molecule has 0 bridgehead atoms. The van der Waals surface area contributed by atoms with Gasteiger partial charge in [0.2, 0.25) is 0 Å². The van der Waals surface area contributed by atoms with Crippen molar-refractivity contribution >= 4 is 23.7 Å². The molecular formula is C13H25NO4S. The normalized spacial score (nSPS) is 13.1. The molecule has 0 radical (unpaired) electrons. The van der Waals surface area contributed by atoms with Gasteiger partial charge in [-0.05, 0) is 39.4 Å². The van der Waals surface area contributed by atoms with Crippen molar-refractivity contribution in [2.24, 2.45) is 5.73 Å². The largest absolute Gasteiger partial charge is 0.480 e. The Labute approximate surface area is 119 Å². The number of carboxylic acid groups (broad SMARTS) is 1. The van der Waals surface area contributed by atoms with E-state index in [9.17, 15) is 9.59 Å². The third-order valence-corrected chi connectivity index (χ3v) is 4.31. The fourth-order valence-corrected chi connectivity index (χ4v) is 2.66. The molecule has 0 aromatic carbocycles. The molecule has 0 aromatic rings. The van der Waals surface area contributed by atoms with Gasteiger partial charge >= 0.3 is 11.9 Å². The smallest absolute Gasteiger partial charge is 0.321 e. The van der Waals surface area contributed by atoms with E-state index in [1.807, 2.05) is 13.8 Å². The van der Waals surface area contributed by atoms with Crippen LogP contribution in [0.5, 0.6) is 0 Å². The number of hydrogen-bond acceptors (Lipinski definition) is 5. The van der Waals surface area contributed by atoms with Gasteiger partial charge in [-0.1, -0.05) is 6.42 Å². The minimum absolute atomic E-state index is 0.150. The summed E-state index contributed by atoms with van der Waals surface area (Å²) >= 11 is 1.56. The summed E-state index contributed by atoms with van der Waals surface area (Å²) in [5.74, 6) is -0.278. The van der Waals surface area contributed by atoms with Crippen molar-refractivity contribution in [2.75, 3.05) is 12.4 Å². The molecule has 0 aromatic heterocycles. The van der Waals surface area contributed by atoms with Gasteiger partial charge in [-0.2, -0.15) is 11.8 Å². The van der Waals surface area contributed by atoms with Crippen LogP contribution in [0.15, 0.2) is 0 Å². The molecule has 0 heterocycles. The molecule has 112 valence electrons. The molecule has 0 saturated heterocycles. The number of rotatable bonds is 10. The van der Waals surface area contributed by atoms with Crippen LogP contribution < -0.4 is 5.73 Å². The van der Waals surface area contributed by atoms with Crippen LogP contribution in [0.25, 0.3) is 0 Å². The second kappa shape index (κ2) is 9.20. The van der Waals surface area contributed by atoms with Gasteiger partial charge in [0.15, 0.2) is 0 Å². The summed E-state index contributed by atoms with van der Waals surface area (Å²) in [4.78, 5) is 21.9. The molecule has 0 amide bonds. The summed E-state index contributed by atoms with van der Waals surface area (Å²) in [5.41, 5.74) is 5.63. The van der Waals surface area contributed by atoms with Crippen LogP contribution in [0.3, 0.4) is 0 Å². The van der Waals surface area contributed by atoms with E-state index < -0.39 is 16.8 Å². The minimum atomic E-state index is -0.972. The standard InChI is InChI=1S/C13H25NO4S/c1-4-18-10(15)8-6-5-7-9-19-13(2,3)11(14)12(16)17/h11H,4-9,14H2,1-3H3,(H,16,17)/t11-/m0/s1. The molecule has 19 heavy (non-hydrogen) atoms. The molecular weight excluding hydrogens is 266 g/mol. The Kier molecular flexibility index (Phi) is 8.84. The summed E-state index contributed by atoms with van der Waals surface area (Å²) in [6, 6.07) is -0.864. The molecule has 0 fully saturated rings. The number of thioether (sulfide) groups is 1. The Morgan fingerprint density at radius 2 is 1.95 bits per heavy atom. The monoisotopic (exact) mass is 291 g/mol. The van der Waals surface area contributed by atoms with E-state index in [1.165, 1.54) is 0 Å². The number of carbonyl (C=O) groups is 2. The van der Waals surface area contributed by atoms with E-state index in [2.05, 4.69) is 0 Å². The molecule has 1 atom stereocenters. The van der Waals surface area contributed by atoms with Crippen molar-refractivity contribution in [1.82, 2.24) is 0 Å². The van der Waals surface area contributed by atoms with Crippen LogP contribution in [0.1, 0.15) is 46.5 Å². The van der Waals surface area contributed by atoms with Gasteiger partial charge in [-0.25, -0.2) is 0 Å². The Hall–Kier alpha value is -0.750. The lowest BCUT2D eigenvalue weighted by Gasteiger charge is -2.27. The second-order valence-electron chi connectivity index (χ2n) is 4.88. The summed E-state index contributed by atoms with van der Waals surface area (Å²) in [7, 11) is 0. The Bertz CT molecular complexity index is 294. The summed E-state index contributed by atoms with van der Waals surface area (Å²) < 4.78 is 4.36. The maximum atomic E-state index is 11.1. The zero-order valence-corrected chi connectivity index (χ0v) is 12.8. The number of unbranched alkanes of at least 4 members (excludes halogenated alkanes) is 2. The van der Waals surface area contributed by atoms with E-state index in [0.29, 0.717) is 13.0 Å². The van der Waals surface area contributed by atoms with E-state index in [1.54, 1.807) is 18.7 Å². The zero-order chi connectivity index (χ0) is 14.9. The van der Waals surface area contributed by atoms with E-state index in [0.717, 1.165) is 25.0 Å². The Morgan fingerprint density at radius 1 is 1.32 bits per heavy atom. The fourth-order valence-electron chi connectivity index (χ4n) is 1.50. The summed E-state index contributed by atoms with van der Waals surface area (Å²) in [6.07, 6.45) is 3.14. The molecule has 0 aliphatic rings. The number of hydrogen-bond donors (Lipinski definition) is 2. The van der Waals surface area contributed by atoms with Gasteiger partial charge < -0.3 is 15.6 Å². The zero-order valence-electron chi connectivity index (χ0n) is 12.0. The number of carboxylic acids is 1. The van der Waals surface area contributed by atoms with Gasteiger partial charge in [0, 0.05) is 11.2 Å². The Balaban J connectivity index is 3.69. The molecule has 0 rings (SSSR count). The van der Waals surface area contributed by atoms with E-state index in [-0.39, 0.29) is 5.97 Å².